The highest BCUT2D eigenvalue weighted by atomic mass is 16.5. The number of hydrogen-bond acceptors (Lipinski definition) is 3. The van der Waals surface area contributed by atoms with Crippen LogP contribution in [0.25, 0.3) is 0 Å². The average molecular weight is 235 g/mol. The van der Waals surface area contributed by atoms with Gasteiger partial charge in [0.2, 0.25) is 0 Å². The summed E-state index contributed by atoms with van der Waals surface area (Å²) in [4.78, 5) is 2.24. The molecule has 0 aromatic heterocycles. The molecule has 0 aliphatic carbocycles. The van der Waals surface area contributed by atoms with Crippen molar-refractivity contribution in [1.29, 1.82) is 0 Å². The summed E-state index contributed by atoms with van der Waals surface area (Å²) < 4.78 is 10.5. The van der Waals surface area contributed by atoms with Crippen molar-refractivity contribution < 1.29 is 9.47 Å². The number of allylic oxidation sites excluding steroid dienone is 1. The summed E-state index contributed by atoms with van der Waals surface area (Å²) in [5.74, 6) is 1.55. The van der Waals surface area contributed by atoms with Gasteiger partial charge in [-0.15, -0.1) is 0 Å². The minimum absolute atomic E-state index is 0.771. The first-order chi connectivity index (χ1) is 8.21. The van der Waals surface area contributed by atoms with Crippen LogP contribution in [-0.2, 0) is 6.54 Å². The van der Waals surface area contributed by atoms with Gasteiger partial charge in [-0.05, 0) is 31.7 Å². The Kier molecular flexibility index (Phi) is 5.57. The van der Waals surface area contributed by atoms with Crippen molar-refractivity contribution >= 4 is 0 Å². The summed E-state index contributed by atoms with van der Waals surface area (Å²) in [5.41, 5.74) is 1.22. The predicted octanol–water partition coefficient (Wildman–Crippen LogP) is 2.71. The largest absolute Gasteiger partial charge is 0.493 e. The molecule has 0 spiro atoms. The van der Waals surface area contributed by atoms with Crippen LogP contribution >= 0.6 is 0 Å². The highest BCUT2D eigenvalue weighted by Crippen LogP contribution is 2.27. The van der Waals surface area contributed by atoms with Crippen LogP contribution in [0.5, 0.6) is 11.5 Å². The van der Waals surface area contributed by atoms with Crippen LogP contribution in [0.15, 0.2) is 30.4 Å². The van der Waals surface area contributed by atoms with E-state index in [1.807, 2.05) is 19.1 Å². The molecule has 1 aromatic carbocycles. The Morgan fingerprint density at radius 3 is 2.47 bits per heavy atom. The predicted molar refractivity (Wildman–Crippen MR) is 70.7 cm³/mol. The zero-order valence-corrected chi connectivity index (χ0v) is 11.1. The molecule has 17 heavy (non-hydrogen) atoms. The first-order valence-corrected chi connectivity index (χ1v) is 5.71. The van der Waals surface area contributed by atoms with Gasteiger partial charge >= 0.3 is 0 Å². The molecule has 0 N–H and O–H groups in total. The normalized spacial score (nSPS) is 11.1. The number of likely N-dealkylation sites (N-methyl/N-ethyl adjacent to an activating group) is 1. The summed E-state index contributed by atoms with van der Waals surface area (Å²) in [6, 6.07) is 6.02. The molecule has 0 aliphatic heterocycles. The molecule has 3 nitrogen and oxygen atoms in total. The van der Waals surface area contributed by atoms with E-state index in [1.165, 1.54) is 5.56 Å². The molecular formula is C14H21NO2. The Hall–Kier alpha value is -1.48. The van der Waals surface area contributed by atoms with Gasteiger partial charge in [0.15, 0.2) is 11.5 Å². The zero-order valence-electron chi connectivity index (χ0n) is 11.1. The van der Waals surface area contributed by atoms with Crippen molar-refractivity contribution in [3.05, 3.63) is 35.9 Å². The third kappa shape index (κ3) is 4.11. The van der Waals surface area contributed by atoms with Crippen LogP contribution in [0, 0.1) is 0 Å². The molecule has 3 heteroatoms. The van der Waals surface area contributed by atoms with Crippen molar-refractivity contribution in [2.45, 2.75) is 13.5 Å². The van der Waals surface area contributed by atoms with E-state index in [4.69, 9.17) is 9.47 Å². The maximum absolute atomic E-state index is 5.28. The molecule has 0 bridgehead atoms. The van der Waals surface area contributed by atoms with Gasteiger partial charge < -0.3 is 9.47 Å². The second-order valence-corrected chi connectivity index (χ2v) is 3.96. The second-order valence-electron chi connectivity index (χ2n) is 3.96. The average Bonchev–Trinajstić information content (AvgIpc) is 2.36. The number of methoxy groups -OCH3 is 2. The van der Waals surface area contributed by atoms with E-state index >= 15 is 0 Å². The van der Waals surface area contributed by atoms with Crippen molar-refractivity contribution in [1.82, 2.24) is 4.90 Å². The van der Waals surface area contributed by atoms with Gasteiger partial charge in [-0.1, -0.05) is 18.2 Å². The van der Waals surface area contributed by atoms with E-state index < -0.39 is 0 Å². The van der Waals surface area contributed by atoms with Crippen molar-refractivity contribution in [3.8, 4) is 11.5 Å². The van der Waals surface area contributed by atoms with Crippen LogP contribution in [0.1, 0.15) is 12.5 Å². The highest BCUT2D eigenvalue weighted by Gasteiger charge is 2.05. The molecule has 0 fully saturated rings. The number of ether oxygens (including phenoxy) is 2. The third-order valence-electron chi connectivity index (χ3n) is 2.55. The fourth-order valence-electron chi connectivity index (χ4n) is 1.64. The lowest BCUT2D eigenvalue weighted by atomic mass is 10.2. The van der Waals surface area contributed by atoms with Gasteiger partial charge in [-0.3, -0.25) is 4.90 Å². The van der Waals surface area contributed by atoms with E-state index in [2.05, 4.69) is 30.2 Å². The smallest absolute Gasteiger partial charge is 0.161 e. The molecule has 0 aliphatic rings. The highest BCUT2D eigenvalue weighted by molar-refractivity contribution is 5.42. The number of nitrogens with zero attached hydrogens (tertiary/aromatic N) is 1. The first kappa shape index (κ1) is 13.6. The van der Waals surface area contributed by atoms with E-state index in [1.54, 1.807) is 14.2 Å². The van der Waals surface area contributed by atoms with E-state index in [0.717, 1.165) is 24.6 Å². The van der Waals surface area contributed by atoms with Gasteiger partial charge in [-0.2, -0.15) is 0 Å². The monoisotopic (exact) mass is 235 g/mol. The molecule has 0 saturated heterocycles. The molecule has 0 amide bonds. The zero-order chi connectivity index (χ0) is 12.7. The van der Waals surface area contributed by atoms with Crippen LogP contribution in [-0.4, -0.2) is 32.7 Å². The molecule has 0 heterocycles. The van der Waals surface area contributed by atoms with Gasteiger partial charge in [0.05, 0.1) is 14.2 Å². The summed E-state index contributed by atoms with van der Waals surface area (Å²) in [6.45, 7) is 3.87. The molecule has 1 rings (SSSR count). The maximum atomic E-state index is 5.28. The lowest BCUT2D eigenvalue weighted by Gasteiger charge is -2.16. The molecule has 0 saturated carbocycles. The Labute approximate surface area is 104 Å². The van der Waals surface area contributed by atoms with Crippen molar-refractivity contribution in [2.24, 2.45) is 0 Å². The third-order valence-corrected chi connectivity index (χ3v) is 2.55. The van der Waals surface area contributed by atoms with E-state index in [0.29, 0.717) is 0 Å². The topological polar surface area (TPSA) is 21.7 Å². The molecular weight excluding hydrogens is 214 g/mol. The molecule has 0 unspecified atom stereocenters. The maximum Gasteiger partial charge on any atom is 0.161 e. The Morgan fingerprint density at radius 2 is 1.88 bits per heavy atom. The van der Waals surface area contributed by atoms with Crippen molar-refractivity contribution in [2.75, 3.05) is 27.8 Å². The molecule has 94 valence electrons. The van der Waals surface area contributed by atoms with E-state index in [9.17, 15) is 0 Å². The SMILES string of the molecule is CC=CCN(C)Cc1ccc(OC)c(OC)c1. The lowest BCUT2D eigenvalue weighted by molar-refractivity contribution is 0.347. The Morgan fingerprint density at radius 1 is 1.18 bits per heavy atom. The van der Waals surface area contributed by atoms with Crippen molar-refractivity contribution in [3.63, 3.8) is 0 Å². The van der Waals surface area contributed by atoms with Crippen LogP contribution in [0.4, 0.5) is 0 Å². The molecule has 0 radical (unpaired) electrons. The summed E-state index contributed by atoms with van der Waals surface area (Å²) in [5, 5.41) is 0. The Balaban J connectivity index is 2.71. The van der Waals surface area contributed by atoms with Crippen LogP contribution in [0.3, 0.4) is 0 Å². The first-order valence-electron chi connectivity index (χ1n) is 5.71. The minimum atomic E-state index is 0.771. The molecule has 0 atom stereocenters. The Bertz CT molecular complexity index is 374. The van der Waals surface area contributed by atoms with Gasteiger partial charge in [0.25, 0.3) is 0 Å². The number of hydrogen-bond donors (Lipinski definition) is 0. The lowest BCUT2D eigenvalue weighted by Crippen LogP contribution is -2.17. The van der Waals surface area contributed by atoms with Gasteiger partial charge in [-0.25, -0.2) is 0 Å². The number of rotatable bonds is 6. The fraction of sp³-hybridized carbons (Fsp3) is 0.429. The van der Waals surface area contributed by atoms with Gasteiger partial charge in [0, 0.05) is 13.1 Å². The summed E-state index contributed by atoms with van der Waals surface area (Å²) in [6.07, 6.45) is 4.20. The fourth-order valence-corrected chi connectivity index (χ4v) is 1.64. The quantitative estimate of drug-likeness (QED) is 0.708. The number of benzene rings is 1. The van der Waals surface area contributed by atoms with Gasteiger partial charge in [0.1, 0.15) is 0 Å². The minimum Gasteiger partial charge on any atom is -0.493 e. The summed E-state index contributed by atoms with van der Waals surface area (Å²) >= 11 is 0. The second kappa shape index (κ2) is 6.97. The van der Waals surface area contributed by atoms with Crippen LogP contribution < -0.4 is 9.47 Å². The molecule has 1 aromatic rings. The van der Waals surface area contributed by atoms with E-state index in [-0.39, 0.29) is 0 Å². The van der Waals surface area contributed by atoms with Crippen LogP contribution in [0.2, 0.25) is 0 Å². The summed E-state index contributed by atoms with van der Waals surface area (Å²) in [7, 11) is 5.40. The standard InChI is InChI=1S/C14H21NO2/c1-5-6-9-15(2)11-12-7-8-13(16-3)14(10-12)17-4/h5-8,10H,9,11H2,1-4H3.